The van der Waals surface area contributed by atoms with Gasteiger partial charge >= 0.3 is 0 Å². The lowest BCUT2D eigenvalue weighted by atomic mass is 10.2. The first-order valence-corrected chi connectivity index (χ1v) is 7.85. The molecule has 0 spiro atoms. The molecule has 0 fully saturated rings. The summed E-state index contributed by atoms with van der Waals surface area (Å²) >= 11 is 3.43. The molecule has 1 aromatic heterocycles. The molecule has 0 radical (unpaired) electrons. The third-order valence-corrected chi connectivity index (χ3v) is 3.74. The molecular formula is C17H15BrN2O3. The van der Waals surface area contributed by atoms with Crippen LogP contribution in [0.3, 0.4) is 0 Å². The van der Waals surface area contributed by atoms with Gasteiger partial charge in [0.1, 0.15) is 11.5 Å². The molecule has 0 aliphatic rings. The lowest BCUT2D eigenvalue weighted by Crippen LogP contribution is -2.03. The van der Waals surface area contributed by atoms with Gasteiger partial charge in [-0.05, 0) is 43.3 Å². The monoisotopic (exact) mass is 374 g/mol. The summed E-state index contributed by atoms with van der Waals surface area (Å²) in [5.74, 6) is 2.45. The van der Waals surface area contributed by atoms with Crippen LogP contribution in [0.25, 0.3) is 11.4 Å². The van der Waals surface area contributed by atoms with E-state index in [1.807, 2.05) is 55.5 Å². The highest BCUT2D eigenvalue weighted by Gasteiger charge is 2.17. The summed E-state index contributed by atoms with van der Waals surface area (Å²) in [5, 5.41) is 4.01. The Morgan fingerprint density at radius 3 is 2.52 bits per heavy atom. The Kier molecular flexibility index (Phi) is 4.62. The lowest BCUT2D eigenvalue weighted by molar-refractivity contribution is 0.175. The van der Waals surface area contributed by atoms with E-state index in [9.17, 15) is 0 Å². The molecule has 2 aromatic carbocycles. The Hall–Kier alpha value is -2.34. The van der Waals surface area contributed by atoms with Crippen LogP contribution in [0.2, 0.25) is 0 Å². The van der Waals surface area contributed by atoms with E-state index in [-0.39, 0.29) is 6.10 Å². The van der Waals surface area contributed by atoms with Gasteiger partial charge in [0.05, 0.1) is 7.11 Å². The summed E-state index contributed by atoms with van der Waals surface area (Å²) in [6, 6.07) is 15.1. The van der Waals surface area contributed by atoms with Gasteiger partial charge in [-0.25, -0.2) is 0 Å². The van der Waals surface area contributed by atoms with Gasteiger partial charge in [-0.2, -0.15) is 4.98 Å². The van der Waals surface area contributed by atoms with Gasteiger partial charge < -0.3 is 14.0 Å². The molecule has 3 aromatic rings. The van der Waals surface area contributed by atoms with Crippen LogP contribution in [-0.2, 0) is 0 Å². The van der Waals surface area contributed by atoms with E-state index in [1.165, 1.54) is 0 Å². The average molecular weight is 375 g/mol. The Morgan fingerprint density at radius 2 is 1.83 bits per heavy atom. The van der Waals surface area contributed by atoms with Gasteiger partial charge in [0.2, 0.25) is 5.82 Å². The van der Waals surface area contributed by atoms with E-state index in [1.54, 1.807) is 7.11 Å². The van der Waals surface area contributed by atoms with Gasteiger partial charge in [-0.1, -0.05) is 33.2 Å². The number of rotatable bonds is 5. The molecule has 0 N–H and O–H groups in total. The van der Waals surface area contributed by atoms with Crippen molar-refractivity contribution in [1.82, 2.24) is 10.1 Å². The van der Waals surface area contributed by atoms with E-state index in [2.05, 4.69) is 26.1 Å². The first-order valence-electron chi connectivity index (χ1n) is 7.06. The molecule has 0 saturated heterocycles. The number of aromatic nitrogens is 2. The van der Waals surface area contributed by atoms with Crippen molar-refractivity contribution >= 4 is 15.9 Å². The van der Waals surface area contributed by atoms with Crippen LogP contribution >= 0.6 is 15.9 Å². The van der Waals surface area contributed by atoms with Crippen molar-refractivity contribution in [2.75, 3.05) is 7.11 Å². The molecule has 1 atom stereocenters. The molecule has 0 amide bonds. The summed E-state index contributed by atoms with van der Waals surface area (Å²) in [4.78, 5) is 4.40. The zero-order valence-electron chi connectivity index (χ0n) is 12.7. The van der Waals surface area contributed by atoms with Gasteiger partial charge in [0.25, 0.3) is 5.89 Å². The Labute approximate surface area is 142 Å². The van der Waals surface area contributed by atoms with Crippen LogP contribution in [-0.4, -0.2) is 17.3 Å². The summed E-state index contributed by atoms with van der Waals surface area (Å²) in [5.41, 5.74) is 0.881. The minimum atomic E-state index is -0.350. The van der Waals surface area contributed by atoms with E-state index in [4.69, 9.17) is 14.0 Å². The van der Waals surface area contributed by atoms with Crippen LogP contribution in [0.4, 0.5) is 0 Å². The summed E-state index contributed by atoms with van der Waals surface area (Å²) in [7, 11) is 1.63. The number of ether oxygens (including phenoxy) is 2. The maximum atomic E-state index is 5.81. The van der Waals surface area contributed by atoms with Crippen molar-refractivity contribution in [3.05, 3.63) is 58.9 Å². The predicted molar refractivity (Wildman–Crippen MR) is 89.5 cm³/mol. The second kappa shape index (κ2) is 6.83. The molecule has 0 saturated carbocycles. The number of nitrogens with zero attached hydrogens (tertiary/aromatic N) is 2. The number of halogens is 1. The van der Waals surface area contributed by atoms with E-state index in [0.29, 0.717) is 17.5 Å². The van der Waals surface area contributed by atoms with Crippen LogP contribution in [0.1, 0.15) is 18.9 Å². The number of hydrogen-bond donors (Lipinski definition) is 0. The zero-order chi connectivity index (χ0) is 16.2. The van der Waals surface area contributed by atoms with E-state index in [0.717, 1.165) is 15.8 Å². The van der Waals surface area contributed by atoms with Crippen LogP contribution in [0.15, 0.2) is 57.5 Å². The molecule has 1 heterocycles. The van der Waals surface area contributed by atoms with E-state index >= 15 is 0 Å². The molecule has 0 bridgehead atoms. The van der Waals surface area contributed by atoms with Crippen molar-refractivity contribution < 1.29 is 14.0 Å². The normalized spacial score (nSPS) is 12.0. The fraction of sp³-hybridized carbons (Fsp3) is 0.176. The lowest BCUT2D eigenvalue weighted by Gasteiger charge is -2.10. The zero-order valence-corrected chi connectivity index (χ0v) is 14.3. The molecular weight excluding hydrogens is 360 g/mol. The number of methoxy groups -OCH3 is 1. The standard InChI is InChI=1S/C17H15BrN2O3/c1-11(22-15-8-6-14(21-2)7-9-15)17-19-16(20-23-17)12-4-3-5-13(18)10-12/h3-11H,1-2H3/t11-/m1/s1. The average Bonchev–Trinajstić information content (AvgIpc) is 3.06. The summed E-state index contributed by atoms with van der Waals surface area (Å²) in [6.45, 7) is 1.86. The predicted octanol–water partition coefficient (Wildman–Crippen LogP) is 4.65. The van der Waals surface area contributed by atoms with Crippen molar-refractivity contribution in [3.8, 4) is 22.9 Å². The highest BCUT2D eigenvalue weighted by atomic mass is 79.9. The second-order valence-corrected chi connectivity index (χ2v) is 5.82. The van der Waals surface area contributed by atoms with Gasteiger partial charge in [-0.3, -0.25) is 0 Å². The minimum Gasteiger partial charge on any atom is -0.497 e. The van der Waals surface area contributed by atoms with Crippen molar-refractivity contribution in [2.24, 2.45) is 0 Å². The highest BCUT2D eigenvalue weighted by molar-refractivity contribution is 9.10. The van der Waals surface area contributed by atoms with E-state index < -0.39 is 0 Å². The third kappa shape index (κ3) is 3.71. The van der Waals surface area contributed by atoms with Gasteiger partial charge in [-0.15, -0.1) is 0 Å². The quantitative estimate of drug-likeness (QED) is 0.650. The van der Waals surface area contributed by atoms with Crippen molar-refractivity contribution in [2.45, 2.75) is 13.0 Å². The maximum Gasteiger partial charge on any atom is 0.267 e. The van der Waals surface area contributed by atoms with Crippen molar-refractivity contribution in [3.63, 3.8) is 0 Å². The first-order chi connectivity index (χ1) is 11.2. The summed E-state index contributed by atoms with van der Waals surface area (Å²) < 4.78 is 17.2. The SMILES string of the molecule is COc1ccc(O[C@H](C)c2nc(-c3cccc(Br)c3)no2)cc1. The Morgan fingerprint density at radius 1 is 1.09 bits per heavy atom. The van der Waals surface area contributed by atoms with Crippen molar-refractivity contribution in [1.29, 1.82) is 0 Å². The molecule has 0 aliphatic carbocycles. The minimum absolute atomic E-state index is 0.350. The van der Waals surface area contributed by atoms with Gasteiger partial charge in [0, 0.05) is 10.0 Å². The fourth-order valence-corrected chi connectivity index (χ4v) is 2.45. The van der Waals surface area contributed by atoms with Gasteiger partial charge in [0.15, 0.2) is 6.10 Å². The second-order valence-electron chi connectivity index (χ2n) is 4.90. The molecule has 0 unspecified atom stereocenters. The summed E-state index contributed by atoms with van der Waals surface area (Å²) in [6.07, 6.45) is -0.350. The Bertz CT molecular complexity index is 787. The third-order valence-electron chi connectivity index (χ3n) is 3.24. The molecule has 0 aliphatic heterocycles. The van der Waals surface area contributed by atoms with Crippen LogP contribution in [0, 0.1) is 0 Å². The number of hydrogen-bond acceptors (Lipinski definition) is 5. The van der Waals surface area contributed by atoms with Crippen LogP contribution in [0.5, 0.6) is 11.5 Å². The Balaban J connectivity index is 1.74. The molecule has 3 rings (SSSR count). The van der Waals surface area contributed by atoms with Crippen LogP contribution < -0.4 is 9.47 Å². The molecule has 118 valence electrons. The largest absolute Gasteiger partial charge is 0.497 e. The first kappa shape index (κ1) is 15.6. The fourth-order valence-electron chi connectivity index (χ4n) is 2.05. The topological polar surface area (TPSA) is 57.4 Å². The maximum absolute atomic E-state index is 5.81. The number of benzene rings is 2. The molecule has 6 heteroatoms. The smallest absolute Gasteiger partial charge is 0.267 e. The molecule has 23 heavy (non-hydrogen) atoms. The highest BCUT2D eigenvalue weighted by Crippen LogP contribution is 2.25. The molecule has 5 nitrogen and oxygen atoms in total.